The number of thiol groups is 1. The first kappa shape index (κ1) is 11.2. The normalized spacial score (nSPS) is 11.0. The predicted molar refractivity (Wildman–Crippen MR) is 74.5 cm³/mol. The second-order valence-electron chi connectivity index (χ2n) is 4.07. The van der Waals surface area contributed by atoms with Crippen molar-refractivity contribution in [1.29, 1.82) is 0 Å². The van der Waals surface area contributed by atoms with Crippen LogP contribution >= 0.6 is 12.6 Å². The van der Waals surface area contributed by atoms with Crippen molar-refractivity contribution in [3.63, 3.8) is 0 Å². The predicted octanol–water partition coefficient (Wildman–Crippen LogP) is 2.76. The summed E-state index contributed by atoms with van der Waals surface area (Å²) < 4.78 is 0. The molecule has 0 aliphatic rings. The quantitative estimate of drug-likeness (QED) is 0.693. The summed E-state index contributed by atoms with van der Waals surface area (Å²) in [7, 11) is 0. The fraction of sp³-hybridized carbons (Fsp3) is 0.154. The molecule has 0 atom stereocenters. The van der Waals surface area contributed by atoms with Gasteiger partial charge in [-0.3, -0.25) is 0 Å². The first-order chi connectivity index (χ1) is 8.76. The molecular formula is C13H12N4S. The number of benzene rings is 1. The van der Waals surface area contributed by atoms with Crippen LogP contribution in [0.4, 0.5) is 0 Å². The molecule has 2 aromatic heterocycles. The maximum absolute atomic E-state index is 4.45. The van der Waals surface area contributed by atoms with Gasteiger partial charge in [-0.1, -0.05) is 6.07 Å². The molecule has 5 heteroatoms. The van der Waals surface area contributed by atoms with E-state index in [0.29, 0.717) is 5.75 Å². The van der Waals surface area contributed by atoms with E-state index >= 15 is 0 Å². The van der Waals surface area contributed by atoms with Gasteiger partial charge in [-0.2, -0.15) is 12.6 Å². The molecule has 1 N–H and O–H groups in total. The van der Waals surface area contributed by atoms with E-state index < -0.39 is 0 Å². The Morgan fingerprint density at radius 3 is 2.94 bits per heavy atom. The van der Waals surface area contributed by atoms with Crippen LogP contribution in [-0.2, 0) is 5.75 Å². The molecule has 0 saturated carbocycles. The number of fused-ring (bicyclic) bond motifs is 1. The summed E-state index contributed by atoms with van der Waals surface area (Å²) in [6.45, 7) is 1.95. The van der Waals surface area contributed by atoms with Crippen LogP contribution in [0.5, 0.6) is 0 Å². The third-order valence-electron chi connectivity index (χ3n) is 2.74. The highest BCUT2D eigenvalue weighted by Crippen LogP contribution is 2.21. The van der Waals surface area contributed by atoms with Crippen LogP contribution in [0.2, 0.25) is 0 Å². The lowest BCUT2D eigenvalue weighted by Crippen LogP contribution is -1.92. The lowest BCUT2D eigenvalue weighted by Gasteiger charge is -2.02. The Labute approximate surface area is 110 Å². The van der Waals surface area contributed by atoms with Gasteiger partial charge in [-0.15, -0.1) is 0 Å². The number of hydrogen-bond donors (Lipinski definition) is 2. The van der Waals surface area contributed by atoms with Crippen LogP contribution in [0.1, 0.15) is 11.6 Å². The van der Waals surface area contributed by atoms with Gasteiger partial charge in [0, 0.05) is 11.8 Å². The standard InChI is InChI=1S/C13H12N4S/c1-8-15-11-3-2-9(6-12(11)16-8)10-4-5-14-13(7-18)17-10/h2-6,18H,7H2,1H3,(H,15,16). The van der Waals surface area contributed by atoms with E-state index in [1.54, 1.807) is 6.20 Å². The van der Waals surface area contributed by atoms with Gasteiger partial charge in [0.1, 0.15) is 11.6 Å². The molecule has 3 rings (SSSR count). The number of nitrogens with zero attached hydrogens (tertiary/aromatic N) is 3. The SMILES string of the molecule is Cc1nc2ccc(-c3ccnc(CS)n3)cc2[nH]1. The Hall–Kier alpha value is -1.88. The van der Waals surface area contributed by atoms with Crippen LogP contribution in [0.25, 0.3) is 22.3 Å². The number of imidazole rings is 1. The molecule has 0 unspecified atom stereocenters. The topological polar surface area (TPSA) is 54.5 Å². The highest BCUT2D eigenvalue weighted by Gasteiger charge is 2.05. The number of nitrogens with one attached hydrogen (secondary N) is 1. The fourth-order valence-electron chi connectivity index (χ4n) is 1.93. The summed E-state index contributed by atoms with van der Waals surface area (Å²) in [5.74, 6) is 2.19. The molecule has 90 valence electrons. The summed E-state index contributed by atoms with van der Waals surface area (Å²) in [5.41, 5.74) is 3.95. The molecule has 0 saturated heterocycles. The lowest BCUT2D eigenvalue weighted by atomic mass is 10.1. The molecular weight excluding hydrogens is 244 g/mol. The Bertz CT molecular complexity index is 705. The average Bonchev–Trinajstić information content (AvgIpc) is 2.77. The Morgan fingerprint density at radius 1 is 1.22 bits per heavy atom. The largest absolute Gasteiger partial charge is 0.342 e. The minimum atomic E-state index is 0.541. The third kappa shape index (κ3) is 1.97. The van der Waals surface area contributed by atoms with E-state index in [-0.39, 0.29) is 0 Å². The van der Waals surface area contributed by atoms with E-state index in [1.165, 1.54) is 0 Å². The molecule has 1 aromatic carbocycles. The fourth-order valence-corrected chi connectivity index (χ4v) is 2.08. The van der Waals surface area contributed by atoms with Gasteiger partial charge in [-0.25, -0.2) is 15.0 Å². The summed E-state index contributed by atoms with van der Waals surface area (Å²) in [4.78, 5) is 16.2. The number of H-pyrrole nitrogens is 1. The number of aromatic nitrogens is 4. The van der Waals surface area contributed by atoms with Gasteiger partial charge in [0.15, 0.2) is 0 Å². The molecule has 0 spiro atoms. The number of rotatable bonds is 2. The van der Waals surface area contributed by atoms with Crippen molar-refractivity contribution in [3.8, 4) is 11.3 Å². The first-order valence-electron chi connectivity index (χ1n) is 5.66. The van der Waals surface area contributed by atoms with Crippen LogP contribution < -0.4 is 0 Å². The lowest BCUT2D eigenvalue weighted by molar-refractivity contribution is 1.04. The molecule has 3 aromatic rings. The molecule has 4 nitrogen and oxygen atoms in total. The number of aryl methyl sites for hydroxylation is 1. The molecule has 2 heterocycles. The second-order valence-corrected chi connectivity index (χ2v) is 4.39. The first-order valence-corrected chi connectivity index (χ1v) is 6.29. The van der Waals surface area contributed by atoms with Crippen molar-refractivity contribution < 1.29 is 0 Å². The van der Waals surface area contributed by atoms with Gasteiger partial charge >= 0.3 is 0 Å². The van der Waals surface area contributed by atoms with Gasteiger partial charge in [0.2, 0.25) is 0 Å². The zero-order chi connectivity index (χ0) is 12.5. The zero-order valence-electron chi connectivity index (χ0n) is 9.88. The molecule has 0 radical (unpaired) electrons. The molecule has 0 fully saturated rings. The summed E-state index contributed by atoms with van der Waals surface area (Å²) in [6.07, 6.45) is 1.76. The molecule has 0 aliphatic carbocycles. The Morgan fingerprint density at radius 2 is 2.11 bits per heavy atom. The molecule has 0 aliphatic heterocycles. The van der Waals surface area contributed by atoms with Gasteiger partial charge < -0.3 is 4.98 Å². The minimum absolute atomic E-state index is 0.541. The molecule has 18 heavy (non-hydrogen) atoms. The number of aromatic amines is 1. The highest BCUT2D eigenvalue weighted by molar-refractivity contribution is 7.79. The van der Waals surface area contributed by atoms with Gasteiger partial charge in [0.05, 0.1) is 22.5 Å². The van der Waals surface area contributed by atoms with E-state index in [9.17, 15) is 0 Å². The number of hydrogen-bond acceptors (Lipinski definition) is 4. The van der Waals surface area contributed by atoms with Gasteiger partial charge in [0.25, 0.3) is 0 Å². The van der Waals surface area contributed by atoms with E-state index in [0.717, 1.165) is 33.9 Å². The Balaban J connectivity index is 2.12. The zero-order valence-corrected chi connectivity index (χ0v) is 10.8. The van der Waals surface area contributed by atoms with Crippen molar-refractivity contribution in [2.75, 3.05) is 0 Å². The van der Waals surface area contributed by atoms with Crippen LogP contribution in [0, 0.1) is 6.92 Å². The second kappa shape index (κ2) is 4.42. The van der Waals surface area contributed by atoms with Crippen molar-refractivity contribution in [2.45, 2.75) is 12.7 Å². The van der Waals surface area contributed by atoms with Crippen molar-refractivity contribution in [2.24, 2.45) is 0 Å². The summed E-state index contributed by atoms with van der Waals surface area (Å²) >= 11 is 4.19. The van der Waals surface area contributed by atoms with E-state index in [1.807, 2.05) is 25.1 Å². The maximum Gasteiger partial charge on any atom is 0.138 e. The summed E-state index contributed by atoms with van der Waals surface area (Å²) in [6, 6.07) is 7.97. The molecule has 0 amide bonds. The van der Waals surface area contributed by atoms with Crippen molar-refractivity contribution in [3.05, 3.63) is 42.1 Å². The van der Waals surface area contributed by atoms with Crippen LogP contribution in [0.15, 0.2) is 30.5 Å². The monoisotopic (exact) mass is 256 g/mol. The minimum Gasteiger partial charge on any atom is -0.342 e. The smallest absolute Gasteiger partial charge is 0.138 e. The van der Waals surface area contributed by atoms with E-state index in [4.69, 9.17) is 0 Å². The van der Waals surface area contributed by atoms with E-state index in [2.05, 4.69) is 38.6 Å². The third-order valence-corrected chi connectivity index (χ3v) is 3.03. The Kier molecular flexibility index (Phi) is 2.76. The van der Waals surface area contributed by atoms with Crippen molar-refractivity contribution >= 4 is 23.7 Å². The summed E-state index contributed by atoms with van der Waals surface area (Å²) in [5, 5.41) is 0. The highest BCUT2D eigenvalue weighted by atomic mass is 32.1. The molecule has 0 bridgehead atoms. The van der Waals surface area contributed by atoms with Crippen molar-refractivity contribution in [1.82, 2.24) is 19.9 Å². The van der Waals surface area contributed by atoms with Crippen LogP contribution in [-0.4, -0.2) is 19.9 Å². The average molecular weight is 256 g/mol. The van der Waals surface area contributed by atoms with Gasteiger partial charge in [-0.05, 0) is 25.1 Å². The maximum atomic E-state index is 4.45. The van der Waals surface area contributed by atoms with Crippen LogP contribution in [0.3, 0.4) is 0 Å².